The smallest absolute Gasteiger partial charge is 0.344 e. The van der Waals surface area contributed by atoms with Gasteiger partial charge in [-0.3, -0.25) is 4.79 Å². The maximum atomic E-state index is 12.5. The van der Waals surface area contributed by atoms with E-state index in [9.17, 15) is 9.59 Å². The first-order valence-corrected chi connectivity index (χ1v) is 11.0. The number of carbonyl (C=O) groups excluding carboxylic acids is 1. The van der Waals surface area contributed by atoms with Crippen LogP contribution in [0.25, 0.3) is 22.1 Å². The Kier molecular flexibility index (Phi) is 8.66. The van der Waals surface area contributed by atoms with Gasteiger partial charge in [0, 0.05) is 24.1 Å². The fourth-order valence-corrected chi connectivity index (χ4v) is 3.27. The van der Waals surface area contributed by atoms with Crippen LogP contribution in [0.2, 0.25) is 0 Å². The van der Waals surface area contributed by atoms with Gasteiger partial charge in [0.2, 0.25) is 5.88 Å². The van der Waals surface area contributed by atoms with Crippen molar-refractivity contribution >= 4 is 16.9 Å². The predicted molar refractivity (Wildman–Crippen MR) is 122 cm³/mol. The molecule has 7 nitrogen and oxygen atoms in total. The van der Waals surface area contributed by atoms with Crippen molar-refractivity contribution in [3.63, 3.8) is 0 Å². The quantitative estimate of drug-likeness (QED) is 0.285. The molecule has 3 aromatic rings. The number of hydrogen-bond donors (Lipinski definition) is 0. The number of methoxy groups -OCH3 is 1. The maximum absolute atomic E-state index is 12.5. The molecule has 0 aliphatic rings. The maximum Gasteiger partial charge on any atom is 0.344 e. The molecule has 7 heteroatoms. The number of pyridine rings is 1. The molecule has 0 spiro atoms. The van der Waals surface area contributed by atoms with Crippen molar-refractivity contribution in [1.29, 1.82) is 0 Å². The average molecular weight is 440 g/mol. The molecule has 1 aromatic carbocycles. The molecule has 0 saturated heterocycles. The molecule has 170 valence electrons. The summed E-state index contributed by atoms with van der Waals surface area (Å²) in [6.45, 7) is 2.82. The summed E-state index contributed by atoms with van der Waals surface area (Å²) in [5.41, 5.74) is 1.20. The van der Waals surface area contributed by atoms with Crippen molar-refractivity contribution in [2.24, 2.45) is 0 Å². The summed E-state index contributed by atoms with van der Waals surface area (Å²) < 4.78 is 21.5. The van der Waals surface area contributed by atoms with Crippen LogP contribution in [-0.2, 0) is 9.53 Å². The third kappa shape index (κ3) is 6.57. The molecule has 2 heterocycles. The summed E-state index contributed by atoms with van der Waals surface area (Å²) in [7, 11) is 1.58. The molecule has 0 bridgehead atoms. The van der Waals surface area contributed by atoms with Crippen LogP contribution in [0.1, 0.15) is 45.4 Å². The van der Waals surface area contributed by atoms with Crippen molar-refractivity contribution in [2.75, 3.05) is 20.3 Å². The first-order chi connectivity index (χ1) is 15.6. The second-order valence-electron chi connectivity index (χ2n) is 7.43. The van der Waals surface area contributed by atoms with Gasteiger partial charge in [0.25, 0.3) is 0 Å². The van der Waals surface area contributed by atoms with Crippen molar-refractivity contribution in [2.45, 2.75) is 45.4 Å². The number of benzene rings is 1. The number of fused-ring (bicyclic) bond motifs is 1. The highest BCUT2D eigenvalue weighted by Gasteiger charge is 2.10. The van der Waals surface area contributed by atoms with E-state index in [1.54, 1.807) is 38.4 Å². The molecule has 0 atom stereocenters. The van der Waals surface area contributed by atoms with Crippen molar-refractivity contribution in [1.82, 2.24) is 4.98 Å². The fourth-order valence-electron chi connectivity index (χ4n) is 3.27. The molecule has 0 aliphatic carbocycles. The molecular weight excluding hydrogens is 410 g/mol. The van der Waals surface area contributed by atoms with Crippen LogP contribution < -0.4 is 15.1 Å². The van der Waals surface area contributed by atoms with Gasteiger partial charge in [0.05, 0.1) is 25.9 Å². The van der Waals surface area contributed by atoms with E-state index in [2.05, 4.69) is 4.98 Å². The number of aromatic nitrogens is 1. The highest BCUT2D eigenvalue weighted by Crippen LogP contribution is 2.25. The van der Waals surface area contributed by atoms with E-state index in [4.69, 9.17) is 18.6 Å². The highest BCUT2D eigenvalue weighted by molar-refractivity contribution is 5.81. The first-order valence-electron chi connectivity index (χ1n) is 11.0. The lowest BCUT2D eigenvalue weighted by molar-refractivity contribution is -0.143. The number of esters is 1. The van der Waals surface area contributed by atoms with Crippen LogP contribution in [-0.4, -0.2) is 31.3 Å². The zero-order valence-corrected chi connectivity index (χ0v) is 18.6. The molecule has 2 aromatic heterocycles. The molecule has 0 unspecified atom stereocenters. The van der Waals surface area contributed by atoms with Gasteiger partial charge in [-0.15, -0.1) is 0 Å². The zero-order valence-electron chi connectivity index (χ0n) is 18.6. The molecule has 0 aliphatic heterocycles. The number of unbranched alkanes of at least 4 members (excludes halogenated alkanes) is 4. The van der Waals surface area contributed by atoms with E-state index in [1.165, 1.54) is 0 Å². The zero-order chi connectivity index (χ0) is 22.8. The van der Waals surface area contributed by atoms with Gasteiger partial charge in [-0.2, -0.15) is 0 Å². The van der Waals surface area contributed by atoms with Crippen LogP contribution in [0.15, 0.2) is 51.8 Å². The predicted octanol–water partition coefficient (Wildman–Crippen LogP) is 5.15. The minimum Gasteiger partial charge on any atom is -0.497 e. The Balaban J connectivity index is 1.49. The Hall–Kier alpha value is -3.35. The fraction of sp³-hybridized carbons (Fsp3) is 0.400. The molecule has 32 heavy (non-hydrogen) atoms. The lowest BCUT2D eigenvalue weighted by Crippen LogP contribution is -2.04. The van der Waals surface area contributed by atoms with Crippen LogP contribution in [0.3, 0.4) is 0 Å². The Morgan fingerprint density at radius 3 is 2.59 bits per heavy atom. The first kappa shape index (κ1) is 23.3. The van der Waals surface area contributed by atoms with Crippen LogP contribution in [0, 0.1) is 0 Å². The van der Waals surface area contributed by atoms with Crippen molar-refractivity contribution in [3.05, 3.63) is 53.0 Å². The number of rotatable bonds is 12. The van der Waals surface area contributed by atoms with E-state index in [0.717, 1.165) is 43.1 Å². The third-order valence-electron chi connectivity index (χ3n) is 5.06. The molecule has 0 N–H and O–H groups in total. The molecule has 3 rings (SSSR count). The summed E-state index contributed by atoms with van der Waals surface area (Å²) in [6.07, 6.45) is 6.95. The molecule has 0 saturated carbocycles. The van der Waals surface area contributed by atoms with Crippen LogP contribution in [0.5, 0.6) is 11.6 Å². The van der Waals surface area contributed by atoms with Gasteiger partial charge in [0.1, 0.15) is 11.3 Å². The van der Waals surface area contributed by atoms with E-state index in [0.29, 0.717) is 42.4 Å². The standard InChI is InChI=1S/C25H29NO6/c1-3-24(27)31-13-8-6-4-5-7-12-30-23-16-22-19(17-26-23)15-21(25(28)32-22)18-10-9-11-20(14-18)29-2/h9-11,14-17H,3-8,12-13H2,1-2H3. The topological polar surface area (TPSA) is 87.9 Å². The minimum absolute atomic E-state index is 0.145. The van der Waals surface area contributed by atoms with Crippen LogP contribution >= 0.6 is 0 Å². The lowest BCUT2D eigenvalue weighted by atomic mass is 10.1. The van der Waals surface area contributed by atoms with Gasteiger partial charge >= 0.3 is 11.6 Å². The van der Waals surface area contributed by atoms with Gasteiger partial charge in [-0.05, 0) is 36.6 Å². The number of carbonyl (C=O) groups is 1. The van der Waals surface area contributed by atoms with Gasteiger partial charge < -0.3 is 18.6 Å². The Morgan fingerprint density at radius 1 is 1.03 bits per heavy atom. The van der Waals surface area contributed by atoms with E-state index in [1.807, 2.05) is 18.2 Å². The highest BCUT2D eigenvalue weighted by atomic mass is 16.5. The Morgan fingerprint density at radius 2 is 1.81 bits per heavy atom. The second-order valence-corrected chi connectivity index (χ2v) is 7.43. The summed E-state index contributed by atoms with van der Waals surface area (Å²) >= 11 is 0. The van der Waals surface area contributed by atoms with Crippen molar-refractivity contribution < 1.29 is 23.4 Å². The summed E-state index contributed by atoms with van der Waals surface area (Å²) in [5, 5.41) is 0.721. The van der Waals surface area contributed by atoms with E-state index < -0.39 is 5.63 Å². The number of hydrogen-bond acceptors (Lipinski definition) is 7. The average Bonchev–Trinajstić information content (AvgIpc) is 2.82. The van der Waals surface area contributed by atoms with Gasteiger partial charge in [0.15, 0.2) is 0 Å². The number of ether oxygens (including phenoxy) is 3. The van der Waals surface area contributed by atoms with E-state index in [-0.39, 0.29) is 5.97 Å². The van der Waals surface area contributed by atoms with Crippen molar-refractivity contribution in [3.8, 4) is 22.8 Å². The molecule has 0 amide bonds. The SMILES string of the molecule is CCC(=O)OCCCCCCCOc1cc2oc(=O)c(-c3cccc(OC)c3)cc2cn1. The Labute approximate surface area is 187 Å². The summed E-state index contributed by atoms with van der Waals surface area (Å²) in [4.78, 5) is 27.9. The van der Waals surface area contributed by atoms with Gasteiger partial charge in [-0.1, -0.05) is 38.3 Å². The largest absolute Gasteiger partial charge is 0.497 e. The monoisotopic (exact) mass is 439 g/mol. The summed E-state index contributed by atoms with van der Waals surface area (Å²) in [6, 6.07) is 10.7. The van der Waals surface area contributed by atoms with Crippen LogP contribution in [0.4, 0.5) is 0 Å². The second kappa shape index (κ2) is 11.9. The summed E-state index contributed by atoms with van der Waals surface area (Å²) in [5.74, 6) is 0.957. The molecular formula is C25H29NO6. The third-order valence-corrected chi connectivity index (χ3v) is 5.06. The number of nitrogens with zero attached hydrogens (tertiary/aromatic N) is 1. The molecule has 0 radical (unpaired) electrons. The Bertz CT molecular complexity index is 1090. The van der Waals surface area contributed by atoms with Gasteiger partial charge in [-0.25, -0.2) is 9.78 Å². The lowest BCUT2D eigenvalue weighted by Gasteiger charge is -2.07. The van der Waals surface area contributed by atoms with E-state index >= 15 is 0 Å². The minimum atomic E-state index is -0.424. The molecule has 0 fully saturated rings. The normalized spacial score (nSPS) is 10.8.